The predicted molar refractivity (Wildman–Crippen MR) is 63.1 cm³/mol. The predicted octanol–water partition coefficient (Wildman–Crippen LogP) is -0.623. The molecule has 0 bridgehead atoms. The van der Waals surface area contributed by atoms with Crippen molar-refractivity contribution >= 4 is 12.0 Å². The Morgan fingerprint density at radius 2 is 2.00 bits per heavy atom. The van der Waals surface area contributed by atoms with Gasteiger partial charge in [-0.3, -0.25) is 0 Å². The van der Waals surface area contributed by atoms with E-state index in [2.05, 4.69) is 5.32 Å². The van der Waals surface area contributed by atoms with E-state index in [9.17, 15) is 14.7 Å². The molecule has 18 heavy (non-hydrogen) atoms. The molecule has 3 atom stereocenters. The van der Waals surface area contributed by atoms with Crippen molar-refractivity contribution in [3.63, 3.8) is 0 Å². The summed E-state index contributed by atoms with van der Waals surface area (Å²) in [6.45, 7) is -0.665. The van der Waals surface area contributed by atoms with Crippen LogP contribution in [0.25, 0.3) is 0 Å². The van der Waals surface area contributed by atoms with Crippen molar-refractivity contribution < 1.29 is 24.9 Å². The second-order valence-electron chi connectivity index (χ2n) is 4.55. The standard InChI is InChI=1S/C11H20N2O5/c1-13(8-4-2-3-5-9(8)15)11(18)12-7(6-14)10(16)17/h7-9,14-15H,2-6H2,1H3,(H,12,18)(H,16,17)/t7-,8?,9?/m0/s1. The van der Waals surface area contributed by atoms with E-state index in [1.807, 2.05) is 0 Å². The average molecular weight is 260 g/mol. The first-order valence-electron chi connectivity index (χ1n) is 6.02. The number of rotatable bonds is 4. The first-order valence-corrected chi connectivity index (χ1v) is 6.02. The quantitative estimate of drug-likeness (QED) is 0.538. The normalized spacial score (nSPS) is 25.3. The monoisotopic (exact) mass is 260 g/mol. The molecule has 1 aliphatic rings. The highest BCUT2D eigenvalue weighted by atomic mass is 16.4. The molecule has 1 fully saturated rings. The molecule has 104 valence electrons. The van der Waals surface area contributed by atoms with Gasteiger partial charge in [0, 0.05) is 7.05 Å². The van der Waals surface area contributed by atoms with Crippen LogP contribution in [0.5, 0.6) is 0 Å². The van der Waals surface area contributed by atoms with Crippen LogP contribution in [0, 0.1) is 0 Å². The summed E-state index contributed by atoms with van der Waals surface area (Å²) in [5, 5.41) is 29.6. The molecular weight excluding hydrogens is 240 g/mol. The molecule has 0 aromatic heterocycles. The molecule has 0 aromatic rings. The third-order valence-electron chi connectivity index (χ3n) is 3.29. The van der Waals surface area contributed by atoms with E-state index in [0.29, 0.717) is 12.8 Å². The number of hydrogen-bond acceptors (Lipinski definition) is 4. The van der Waals surface area contributed by atoms with Crippen molar-refractivity contribution in [2.75, 3.05) is 13.7 Å². The van der Waals surface area contributed by atoms with Gasteiger partial charge in [-0.1, -0.05) is 12.8 Å². The number of aliphatic hydroxyl groups excluding tert-OH is 2. The van der Waals surface area contributed by atoms with E-state index >= 15 is 0 Å². The van der Waals surface area contributed by atoms with Gasteiger partial charge in [0.25, 0.3) is 0 Å². The maximum absolute atomic E-state index is 11.8. The summed E-state index contributed by atoms with van der Waals surface area (Å²) in [6.07, 6.45) is 2.63. The molecule has 7 nitrogen and oxygen atoms in total. The number of aliphatic carboxylic acids is 1. The lowest BCUT2D eigenvalue weighted by Crippen LogP contribution is -2.54. The number of amides is 2. The van der Waals surface area contributed by atoms with Crippen molar-refractivity contribution in [1.29, 1.82) is 0 Å². The van der Waals surface area contributed by atoms with Gasteiger partial charge in [-0.15, -0.1) is 0 Å². The lowest BCUT2D eigenvalue weighted by atomic mass is 9.92. The van der Waals surface area contributed by atoms with Gasteiger partial charge >= 0.3 is 12.0 Å². The molecule has 0 spiro atoms. The summed E-state index contributed by atoms with van der Waals surface area (Å²) in [4.78, 5) is 23.8. The number of aliphatic hydroxyl groups is 2. The Balaban J connectivity index is 2.57. The highest BCUT2D eigenvalue weighted by Gasteiger charge is 2.31. The fourth-order valence-corrected chi connectivity index (χ4v) is 2.13. The third kappa shape index (κ3) is 3.58. The Hall–Kier alpha value is -1.34. The van der Waals surface area contributed by atoms with Crippen LogP contribution in [0.3, 0.4) is 0 Å². The van der Waals surface area contributed by atoms with Crippen LogP contribution in [0.2, 0.25) is 0 Å². The molecule has 0 radical (unpaired) electrons. The maximum Gasteiger partial charge on any atom is 0.328 e. The molecule has 1 rings (SSSR count). The fraction of sp³-hybridized carbons (Fsp3) is 0.818. The van der Waals surface area contributed by atoms with Crippen LogP contribution in [-0.2, 0) is 4.79 Å². The molecule has 2 amide bonds. The van der Waals surface area contributed by atoms with Crippen molar-refractivity contribution in [2.45, 2.75) is 43.9 Å². The van der Waals surface area contributed by atoms with Gasteiger partial charge in [-0.25, -0.2) is 9.59 Å². The van der Waals surface area contributed by atoms with E-state index in [0.717, 1.165) is 12.8 Å². The lowest BCUT2D eigenvalue weighted by molar-refractivity contribution is -0.140. The Morgan fingerprint density at radius 3 is 2.50 bits per heavy atom. The van der Waals surface area contributed by atoms with Gasteiger partial charge in [0.1, 0.15) is 0 Å². The van der Waals surface area contributed by atoms with Crippen LogP contribution < -0.4 is 5.32 Å². The van der Waals surface area contributed by atoms with Crippen LogP contribution in [-0.4, -0.2) is 64.1 Å². The number of urea groups is 1. The summed E-state index contributed by atoms with van der Waals surface area (Å²) in [5.41, 5.74) is 0. The molecule has 0 aliphatic heterocycles. The summed E-state index contributed by atoms with van der Waals surface area (Å²) in [6, 6.07) is -2.21. The minimum absolute atomic E-state index is 0.299. The van der Waals surface area contributed by atoms with E-state index in [4.69, 9.17) is 10.2 Å². The van der Waals surface area contributed by atoms with E-state index < -0.39 is 30.8 Å². The fourth-order valence-electron chi connectivity index (χ4n) is 2.13. The first-order chi connectivity index (χ1) is 8.47. The third-order valence-corrected chi connectivity index (χ3v) is 3.29. The molecule has 0 saturated heterocycles. The van der Waals surface area contributed by atoms with Crippen LogP contribution in [0.15, 0.2) is 0 Å². The Labute approximate surface area is 105 Å². The van der Waals surface area contributed by atoms with Gasteiger partial charge in [0.2, 0.25) is 0 Å². The number of carbonyl (C=O) groups excluding carboxylic acids is 1. The van der Waals surface area contributed by atoms with Crippen LogP contribution in [0.1, 0.15) is 25.7 Å². The number of nitrogens with one attached hydrogen (secondary N) is 1. The minimum atomic E-state index is -1.32. The lowest BCUT2D eigenvalue weighted by Gasteiger charge is -2.35. The van der Waals surface area contributed by atoms with Gasteiger partial charge < -0.3 is 25.5 Å². The maximum atomic E-state index is 11.8. The van der Waals surface area contributed by atoms with Crippen molar-refractivity contribution in [2.24, 2.45) is 0 Å². The highest BCUT2D eigenvalue weighted by molar-refractivity contribution is 5.82. The number of carboxylic acid groups (broad SMARTS) is 1. The second-order valence-corrected chi connectivity index (χ2v) is 4.55. The Bertz CT molecular complexity index is 310. The van der Waals surface area contributed by atoms with Gasteiger partial charge in [-0.2, -0.15) is 0 Å². The number of nitrogens with zero attached hydrogens (tertiary/aromatic N) is 1. The molecule has 1 aliphatic carbocycles. The SMILES string of the molecule is CN(C(=O)N[C@@H](CO)C(=O)O)C1CCCCC1O. The summed E-state index contributed by atoms with van der Waals surface area (Å²) in [5.74, 6) is -1.29. The zero-order chi connectivity index (χ0) is 13.7. The molecule has 4 N–H and O–H groups in total. The topological polar surface area (TPSA) is 110 Å². The molecule has 1 saturated carbocycles. The number of likely N-dealkylation sites (N-methyl/N-ethyl adjacent to an activating group) is 1. The molecular formula is C11H20N2O5. The van der Waals surface area contributed by atoms with Gasteiger partial charge in [0.05, 0.1) is 18.8 Å². The second kappa shape index (κ2) is 6.55. The van der Waals surface area contributed by atoms with Crippen molar-refractivity contribution in [3.8, 4) is 0 Å². The van der Waals surface area contributed by atoms with E-state index in [-0.39, 0.29) is 6.04 Å². The molecule has 0 aromatic carbocycles. The summed E-state index contributed by atoms with van der Waals surface area (Å²) in [7, 11) is 1.52. The summed E-state index contributed by atoms with van der Waals surface area (Å²) < 4.78 is 0. The Morgan fingerprint density at radius 1 is 1.39 bits per heavy atom. The van der Waals surface area contributed by atoms with Gasteiger partial charge in [0.15, 0.2) is 6.04 Å². The zero-order valence-electron chi connectivity index (χ0n) is 10.4. The van der Waals surface area contributed by atoms with Crippen LogP contribution in [0.4, 0.5) is 4.79 Å². The van der Waals surface area contributed by atoms with Crippen LogP contribution >= 0.6 is 0 Å². The van der Waals surface area contributed by atoms with Gasteiger partial charge in [-0.05, 0) is 12.8 Å². The highest BCUT2D eigenvalue weighted by Crippen LogP contribution is 2.22. The number of hydrogen-bond donors (Lipinski definition) is 4. The largest absolute Gasteiger partial charge is 0.480 e. The number of carbonyl (C=O) groups is 2. The van der Waals surface area contributed by atoms with Crippen molar-refractivity contribution in [1.82, 2.24) is 10.2 Å². The first kappa shape index (κ1) is 14.7. The molecule has 2 unspecified atom stereocenters. The molecule has 0 heterocycles. The van der Waals surface area contributed by atoms with E-state index in [1.54, 1.807) is 0 Å². The Kier molecular flexibility index (Phi) is 5.36. The minimum Gasteiger partial charge on any atom is -0.480 e. The smallest absolute Gasteiger partial charge is 0.328 e. The zero-order valence-corrected chi connectivity index (χ0v) is 10.4. The van der Waals surface area contributed by atoms with Crippen molar-refractivity contribution in [3.05, 3.63) is 0 Å². The molecule has 7 heteroatoms. The van der Waals surface area contributed by atoms with E-state index in [1.165, 1.54) is 11.9 Å². The number of carboxylic acids is 1. The average Bonchev–Trinajstić information content (AvgIpc) is 2.35. The summed E-state index contributed by atoms with van der Waals surface area (Å²) >= 11 is 0.